The zero-order valence-corrected chi connectivity index (χ0v) is 14.4. The van der Waals surface area contributed by atoms with Gasteiger partial charge in [0.1, 0.15) is 30.0 Å². The number of hydrogen-bond acceptors (Lipinski definition) is 6. The van der Waals surface area contributed by atoms with Crippen molar-refractivity contribution in [2.75, 3.05) is 6.61 Å². The van der Waals surface area contributed by atoms with Crippen molar-refractivity contribution in [3.8, 4) is 0 Å². The highest BCUT2D eigenvalue weighted by atomic mass is 16.4. The summed E-state index contributed by atoms with van der Waals surface area (Å²) in [6.45, 7) is -0.777. The molecule has 0 aliphatic heterocycles. The van der Waals surface area contributed by atoms with Gasteiger partial charge in [0.15, 0.2) is 0 Å². The first-order valence-electron chi connectivity index (χ1n) is 8.51. The third kappa shape index (κ3) is 5.11. The smallest absolute Gasteiger partial charge is 0.112 e. The van der Waals surface area contributed by atoms with Crippen LogP contribution in [-0.2, 0) is 12.8 Å². The summed E-state index contributed by atoms with van der Waals surface area (Å²) in [7, 11) is 0. The lowest BCUT2D eigenvalue weighted by Gasteiger charge is -2.38. The van der Waals surface area contributed by atoms with Crippen molar-refractivity contribution in [2.24, 2.45) is 0 Å². The van der Waals surface area contributed by atoms with Crippen LogP contribution >= 0.6 is 0 Å². The predicted molar refractivity (Wildman–Crippen MR) is 96.4 cm³/mol. The SMILES string of the molecule is OC[C@@H](O)[C@H](O)[C@@H](O)[C@H](O)C(O)(Cc1ccccc1)Cc1ccccc1. The average molecular weight is 362 g/mol. The Morgan fingerprint density at radius 1 is 0.692 bits per heavy atom. The van der Waals surface area contributed by atoms with Gasteiger partial charge in [-0.05, 0) is 11.1 Å². The number of benzene rings is 2. The van der Waals surface area contributed by atoms with E-state index in [9.17, 15) is 25.5 Å². The van der Waals surface area contributed by atoms with E-state index in [-0.39, 0.29) is 12.8 Å². The minimum atomic E-state index is -1.84. The van der Waals surface area contributed by atoms with Crippen LogP contribution in [0.15, 0.2) is 60.7 Å². The number of hydrogen-bond donors (Lipinski definition) is 6. The maximum atomic E-state index is 11.2. The maximum Gasteiger partial charge on any atom is 0.112 e. The second-order valence-corrected chi connectivity index (χ2v) is 6.60. The second kappa shape index (κ2) is 9.23. The molecule has 4 atom stereocenters. The van der Waals surface area contributed by atoms with Gasteiger partial charge in [0, 0.05) is 12.8 Å². The summed E-state index contributed by atoms with van der Waals surface area (Å²) in [5.41, 5.74) is -0.304. The van der Waals surface area contributed by atoms with Crippen molar-refractivity contribution in [1.29, 1.82) is 0 Å². The van der Waals surface area contributed by atoms with E-state index in [1.165, 1.54) is 0 Å². The Bertz CT molecular complexity index is 606. The van der Waals surface area contributed by atoms with E-state index in [0.29, 0.717) is 0 Å². The van der Waals surface area contributed by atoms with E-state index in [0.717, 1.165) is 11.1 Å². The van der Waals surface area contributed by atoms with Gasteiger partial charge >= 0.3 is 0 Å². The zero-order valence-electron chi connectivity index (χ0n) is 14.4. The van der Waals surface area contributed by atoms with E-state index in [4.69, 9.17) is 5.11 Å². The molecule has 0 fully saturated rings. The highest BCUT2D eigenvalue weighted by molar-refractivity contribution is 5.23. The lowest BCUT2D eigenvalue weighted by molar-refractivity contribution is -0.172. The van der Waals surface area contributed by atoms with Crippen LogP contribution in [0.25, 0.3) is 0 Å². The molecule has 2 aromatic carbocycles. The fraction of sp³-hybridized carbons (Fsp3) is 0.400. The summed E-state index contributed by atoms with van der Waals surface area (Å²) in [5.74, 6) is 0. The molecule has 6 N–H and O–H groups in total. The van der Waals surface area contributed by atoms with Crippen LogP contribution in [0.2, 0.25) is 0 Å². The van der Waals surface area contributed by atoms with Crippen LogP contribution in [0.1, 0.15) is 11.1 Å². The van der Waals surface area contributed by atoms with Crippen molar-refractivity contribution in [1.82, 2.24) is 0 Å². The Morgan fingerprint density at radius 3 is 1.50 bits per heavy atom. The van der Waals surface area contributed by atoms with Crippen LogP contribution in [0.4, 0.5) is 0 Å². The molecule has 0 heterocycles. The van der Waals surface area contributed by atoms with Gasteiger partial charge in [0.05, 0.1) is 6.61 Å². The maximum absolute atomic E-state index is 11.2. The normalized spacial score (nSPS) is 16.7. The number of aliphatic hydroxyl groups is 6. The van der Waals surface area contributed by atoms with Crippen LogP contribution in [0.3, 0.4) is 0 Å². The third-order valence-electron chi connectivity index (χ3n) is 4.51. The number of rotatable bonds is 9. The second-order valence-electron chi connectivity index (χ2n) is 6.60. The molecule has 2 rings (SSSR count). The average Bonchev–Trinajstić information content (AvgIpc) is 2.67. The molecular formula is C20H26O6. The fourth-order valence-electron chi connectivity index (χ4n) is 3.01. The molecular weight excluding hydrogens is 336 g/mol. The van der Waals surface area contributed by atoms with Crippen LogP contribution in [-0.4, -0.2) is 67.3 Å². The van der Waals surface area contributed by atoms with Gasteiger partial charge in [-0.3, -0.25) is 0 Å². The van der Waals surface area contributed by atoms with Gasteiger partial charge in [0.25, 0.3) is 0 Å². The Morgan fingerprint density at radius 2 is 1.12 bits per heavy atom. The molecule has 0 radical (unpaired) electrons. The van der Waals surface area contributed by atoms with Gasteiger partial charge < -0.3 is 30.6 Å². The van der Waals surface area contributed by atoms with E-state index >= 15 is 0 Å². The quantitative estimate of drug-likeness (QED) is 0.362. The van der Waals surface area contributed by atoms with Crippen molar-refractivity contribution in [2.45, 2.75) is 42.9 Å². The first-order chi connectivity index (χ1) is 12.4. The molecule has 0 spiro atoms. The highest BCUT2D eigenvalue weighted by Gasteiger charge is 2.44. The molecule has 6 heteroatoms. The van der Waals surface area contributed by atoms with Crippen LogP contribution in [0.5, 0.6) is 0 Å². The van der Waals surface area contributed by atoms with Crippen molar-refractivity contribution >= 4 is 0 Å². The lowest BCUT2D eigenvalue weighted by Crippen LogP contribution is -2.57. The molecule has 0 saturated carbocycles. The molecule has 142 valence electrons. The monoisotopic (exact) mass is 362 g/mol. The minimum absolute atomic E-state index is 0.0307. The summed E-state index contributed by atoms with van der Waals surface area (Å²) in [6, 6.07) is 18.0. The van der Waals surface area contributed by atoms with Crippen LogP contribution in [0, 0.1) is 0 Å². The van der Waals surface area contributed by atoms with Crippen LogP contribution < -0.4 is 0 Å². The lowest BCUT2D eigenvalue weighted by atomic mass is 9.79. The van der Waals surface area contributed by atoms with Gasteiger partial charge in [-0.2, -0.15) is 0 Å². The predicted octanol–water partition coefficient (Wildman–Crippen LogP) is -0.361. The highest BCUT2D eigenvalue weighted by Crippen LogP contribution is 2.26. The number of aliphatic hydroxyl groups excluding tert-OH is 5. The minimum Gasteiger partial charge on any atom is -0.394 e. The van der Waals surface area contributed by atoms with Crippen molar-refractivity contribution in [3.05, 3.63) is 71.8 Å². The molecule has 2 aromatic rings. The first kappa shape index (κ1) is 20.5. The Labute approximate surface area is 152 Å². The fourth-order valence-corrected chi connectivity index (χ4v) is 3.01. The summed E-state index contributed by atoms with van der Waals surface area (Å²) in [4.78, 5) is 0. The van der Waals surface area contributed by atoms with E-state index in [1.807, 2.05) is 12.1 Å². The molecule has 26 heavy (non-hydrogen) atoms. The van der Waals surface area contributed by atoms with Gasteiger partial charge in [0.2, 0.25) is 0 Å². The zero-order chi connectivity index (χ0) is 19.2. The largest absolute Gasteiger partial charge is 0.394 e. The summed E-state index contributed by atoms with van der Waals surface area (Å²) in [6.07, 6.45) is -6.95. The van der Waals surface area contributed by atoms with Gasteiger partial charge in [-0.15, -0.1) is 0 Å². The topological polar surface area (TPSA) is 121 Å². The van der Waals surface area contributed by atoms with E-state index < -0.39 is 36.6 Å². The molecule has 0 unspecified atom stereocenters. The Hall–Kier alpha value is -1.80. The first-order valence-corrected chi connectivity index (χ1v) is 8.51. The molecule has 0 aliphatic rings. The molecule has 0 amide bonds. The van der Waals surface area contributed by atoms with E-state index in [1.54, 1.807) is 48.5 Å². The molecule has 0 aromatic heterocycles. The molecule has 0 saturated heterocycles. The third-order valence-corrected chi connectivity index (χ3v) is 4.51. The summed E-state index contributed by atoms with van der Waals surface area (Å²) < 4.78 is 0. The summed E-state index contributed by atoms with van der Waals surface area (Å²) >= 11 is 0. The standard InChI is InChI=1S/C20H26O6/c21-13-16(22)17(23)18(24)19(25)20(26,11-14-7-3-1-4-8-14)12-15-9-5-2-6-10-15/h1-10,16-19,21-26H,11-13H2/t16-,17+,18-,19+/m1/s1. The van der Waals surface area contributed by atoms with Crippen molar-refractivity contribution < 1.29 is 30.6 Å². The molecule has 0 aliphatic carbocycles. The van der Waals surface area contributed by atoms with E-state index in [2.05, 4.69) is 0 Å². The van der Waals surface area contributed by atoms with Crippen molar-refractivity contribution in [3.63, 3.8) is 0 Å². The van der Waals surface area contributed by atoms with Gasteiger partial charge in [-0.1, -0.05) is 60.7 Å². The molecule has 0 bridgehead atoms. The summed E-state index contributed by atoms with van der Waals surface area (Å²) in [5, 5.41) is 60.5. The van der Waals surface area contributed by atoms with Gasteiger partial charge in [-0.25, -0.2) is 0 Å². The molecule has 6 nitrogen and oxygen atoms in total. The Balaban J connectivity index is 2.29. The Kier molecular flexibility index (Phi) is 7.28.